The summed E-state index contributed by atoms with van der Waals surface area (Å²) in [4.78, 5) is 0. The molecule has 3 nitrogen and oxygen atoms in total. The van der Waals surface area contributed by atoms with Crippen LogP contribution >= 0.6 is 0 Å². The Bertz CT molecular complexity index is 299. The monoisotopic (exact) mass is 177 g/mol. The highest BCUT2D eigenvalue weighted by Crippen LogP contribution is 2.29. The maximum Gasteiger partial charge on any atom is 0.435 e. The Kier molecular flexibility index (Phi) is 1.91. The molecule has 66 valence electrons. The van der Waals surface area contributed by atoms with Gasteiger partial charge in [-0.25, -0.2) is 0 Å². The van der Waals surface area contributed by atoms with Crippen LogP contribution in [0.25, 0.3) is 0 Å². The number of halogens is 3. The highest BCUT2D eigenvalue weighted by Gasteiger charge is 2.36. The van der Waals surface area contributed by atoms with Gasteiger partial charge in [-0.05, 0) is 0 Å². The number of aromatic nitrogens is 2. The van der Waals surface area contributed by atoms with Crippen molar-refractivity contribution >= 4 is 6.21 Å². The number of hydrogen-bond donors (Lipinski definition) is 1. The number of alkyl halides is 3. The Balaban J connectivity index is 3.22. The van der Waals surface area contributed by atoms with Crippen molar-refractivity contribution in [2.75, 3.05) is 0 Å². The third-order valence-electron chi connectivity index (χ3n) is 1.28. The van der Waals surface area contributed by atoms with Gasteiger partial charge in [0.25, 0.3) is 0 Å². The van der Waals surface area contributed by atoms with Crippen molar-refractivity contribution < 1.29 is 13.2 Å². The second kappa shape index (κ2) is 2.62. The van der Waals surface area contributed by atoms with Crippen LogP contribution < -0.4 is 0 Å². The quantitative estimate of drug-likeness (QED) is 0.648. The molecule has 0 amide bonds. The zero-order chi connectivity index (χ0) is 9.35. The Hall–Kier alpha value is -1.33. The molecule has 1 rings (SSSR count). The minimum Gasteiger partial charge on any atom is -0.308 e. The van der Waals surface area contributed by atoms with E-state index in [-0.39, 0.29) is 5.56 Å². The van der Waals surface area contributed by atoms with E-state index in [9.17, 15) is 13.2 Å². The molecule has 0 radical (unpaired) electrons. The molecule has 0 bridgehead atoms. The van der Waals surface area contributed by atoms with Gasteiger partial charge < -0.3 is 5.41 Å². The summed E-state index contributed by atoms with van der Waals surface area (Å²) in [6.45, 7) is 0. The van der Waals surface area contributed by atoms with Crippen molar-refractivity contribution in [2.24, 2.45) is 7.05 Å². The molecule has 0 aliphatic rings. The first-order valence-corrected chi connectivity index (χ1v) is 3.06. The topological polar surface area (TPSA) is 41.7 Å². The van der Waals surface area contributed by atoms with Crippen LogP contribution in [0.2, 0.25) is 0 Å². The first kappa shape index (κ1) is 8.76. The van der Waals surface area contributed by atoms with E-state index in [1.54, 1.807) is 0 Å². The average Bonchev–Trinajstić information content (AvgIpc) is 2.29. The molecule has 6 heteroatoms. The maximum absolute atomic E-state index is 12.1. The molecule has 1 N–H and O–H groups in total. The molecular weight excluding hydrogens is 171 g/mol. The highest BCUT2D eigenvalue weighted by atomic mass is 19.4. The van der Waals surface area contributed by atoms with E-state index < -0.39 is 11.9 Å². The molecule has 0 unspecified atom stereocenters. The number of hydrogen-bond acceptors (Lipinski definition) is 2. The van der Waals surface area contributed by atoms with Crippen molar-refractivity contribution in [1.29, 1.82) is 5.41 Å². The van der Waals surface area contributed by atoms with Gasteiger partial charge in [-0.1, -0.05) is 0 Å². The zero-order valence-electron chi connectivity index (χ0n) is 6.18. The van der Waals surface area contributed by atoms with Crippen molar-refractivity contribution in [3.63, 3.8) is 0 Å². The largest absolute Gasteiger partial charge is 0.435 e. The fourth-order valence-electron chi connectivity index (χ4n) is 0.833. The van der Waals surface area contributed by atoms with Crippen molar-refractivity contribution in [2.45, 2.75) is 6.18 Å². The van der Waals surface area contributed by atoms with E-state index in [1.807, 2.05) is 0 Å². The van der Waals surface area contributed by atoms with E-state index in [0.29, 0.717) is 6.21 Å². The minimum atomic E-state index is -4.48. The zero-order valence-corrected chi connectivity index (χ0v) is 6.18. The fourth-order valence-corrected chi connectivity index (χ4v) is 0.833. The van der Waals surface area contributed by atoms with Crippen LogP contribution in [0, 0.1) is 5.41 Å². The summed E-state index contributed by atoms with van der Waals surface area (Å²) in [6, 6.07) is 0. The number of nitrogens with zero attached hydrogens (tertiary/aromatic N) is 2. The predicted octanol–water partition coefficient (Wildman–Crippen LogP) is 1.44. The first-order chi connectivity index (χ1) is 5.45. The lowest BCUT2D eigenvalue weighted by Gasteiger charge is -2.01. The van der Waals surface area contributed by atoms with Crippen LogP contribution in [0.3, 0.4) is 0 Å². The third-order valence-corrected chi connectivity index (χ3v) is 1.28. The molecule has 0 aliphatic heterocycles. The van der Waals surface area contributed by atoms with E-state index in [1.165, 1.54) is 7.05 Å². The van der Waals surface area contributed by atoms with Gasteiger partial charge in [-0.2, -0.15) is 18.3 Å². The lowest BCUT2D eigenvalue weighted by atomic mass is 10.2. The third kappa shape index (κ3) is 1.46. The molecular formula is C6H6F3N3. The van der Waals surface area contributed by atoms with Crippen LogP contribution in [0.5, 0.6) is 0 Å². The van der Waals surface area contributed by atoms with Crippen molar-refractivity contribution in [3.05, 3.63) is 17.5 Å². The predicted molar refractivity (Wildman–Crippen MR) is 36.1 cm³/mol. The molecule has 0 spiro atoms. The van der Waals surface area contributed by atoms with Crippen molar-refractivity contribution in [1.82, 2.24) is 9.78 Å². The smallest absolute Gasteiger partial charge is 0.308 e. The van der Waals surface area contributed by atoms with Crippen LogP contribution in [0.4, 0.5) is 13.2 Å². The van der Waals surface area contributed by atoms with Gasteiger partial charge in [0, 0.05) is 25.0 Å². The summed E-state index contributed by atoms with van der Waals surface area (Å²) in [5.74, 6) is 0. The summed E-state index contributed by atoms with van der Waals surface area (Å²) in [5.41, 5.74) is -1.23. The van der Waals surface area contributed by atoms with Crippen LogP contribution in [-0.2, 0) is 13.2 Å². The average molecular weight is 177 g/mol. The summed E-state index contributed by atoms with van der Waals surface area (Å²) < 4.78 is 37.2. The molecule has 0 fully saturated rings. The highest BCUT2D eigenvalue weighted by molar-refractivity contribution is 5.78. The van der Waals surface area contributed by atoms with E-state index in [2.05, 4.69) is 5.10 Å². The number of aryl methyl sites for hydroxylation is 1. The number of nitrogens with one attached hydrogen (secondary N) is 1. The molecule has 0 aliphatic carbocycles. The summed E-state index contributed by atoms with van der Waals surface area (Å²) in [5, 5.41) is 9.89. The molecule has 0 atom stereocenters. The summed E-state index contributed by atoms with van der Waals surface area (Å²) in [6.07, 6.45) is -2.69. The second-order valence-corrected chi connectivity index (χ2v) is 2.25. The Morgan fingerprint density at radius 1 is 1.58 bits per heavy atom. The number of rotatable bonds is 1. The SMILES string of the molecule is Cn1cc(C=N)c(C(F)(F)F)n1. The van der Waals surface area contributed by atoms with Gasteiger partial charge in [0.2, 0.25) is 0 Å². The van der Waals surface area contributed by atoms with Gasteiger partial charge in [0.1, 0.15) is 0 Å². The molecule has 1 aromatic heterocycles. The summed E-state index contributed by atoms with van der Waals surface area (Å²) >= 11 is 0. The van der Waals surface area contributed by atoms with Crippen molar-refractivity contribution in [3.8, 4) is 0 Å². The maximum atomic E-state index is 12.1. The van der Waals surface area contributed by atoms with Gasteiger partial charge in [-0.15, -0.1) is 0 Å². The molecule has 0 saturated carbocycles. The Morgan fingerprint density at radius 3 is 2.50 bits per heavy atom. The molecule has 0 aromatic carbocycles. The first-order valence-electron chi connectivity index (χ1n) is 3.06. The van der Waals surface area contributed by atoms with Crippen LogP contribution in [-0.4, -0.2) is 16.0 Å². The normalized spacial score (nSPS) is 11.7. The standard InChI is InChI=1S/C6H6F3N3/c1-12-3-4(2-10)5(11-12)6(7,8)9/h2-3,10H,1H3. The molecule has 1 aromatic rings. The second-order valence-electron chi connectivity index (χ2n) is 2.25. The molecule has 12 heavy (non-hydrogen) atoms. The molecule has 1 heterocycles. The summed E-state index contributed by atoms with van der Waals surface area (Å²) in [7, 11) is 1.38. The fraction of sp³-hybridized carbons (Fsp3) is 0.333. The Morgan fingerprint density at radius 2 is 2.17 bits per heavy atom. The van der Waals surface area contributed by atoms with Gasteiger partial charge in [-0.3, -0.25) is 4.68 Å². The Labute approximate surface area is 66.3 Å². The van der Waals surface area contributed by atoms with Crippen LogP contribution in [0.1, 0.15) is 11.3 Å². The molecule has 0 saturated heterocycles. The minimum absolute atomic E-state index is 0.218. The van der Waals surface area contributed by atoms with Crippen LogP contribution in [0.15, 0.2) is 6.20 Å². The van der Waals surface area contributed by atoms with E-state index in [0.717, 1.165) is 10.9 Å². The lowest BCUT2D eigenvalue weighted by Crippen LogP contribution is -2.09. The van der Waals surface area contributed by atoms with Gasteiger partial charge in [0.05, 0.1) is 0 Å². The van der Waals surface area contributed by atoms with E-state index in [4.69, 9.17) is 5.41 Å². The van der Waals surface area contributed by atoms with E-state index >= 15 is 0 Å². The van der Waals surface area contributed by atoms with Gasteiger partial charge >= 0.3 is 6.18 Å². The lowest BCUT2D eigenvalue weighted by molar-refractivity contribution is -0.141. The van der Waals surface area contributed by atoms with Gasteiger partial charge in [0.15, 0.2) is 5.69 Å².